The van der Waals surface area contributed by atoms with Crippen molar-refractivity contribution < 1.29 is 0 Å². The van der Waals surface area contributed by atoms with Crippen LogP contribution in [0.15, 0.2) is 138 Å². The van der Waals surface area contributed by atoms with Crippen LogP contribution in [0.25, 0.3) is 22.3 Å². The molecule has 5 rings (SSSR count). The van der Waals surface area contributed by atoms with Crippen molar-refractivity contribution in [3.8, 4) is 22.3 Å². The fraction of sp³-hybridized carbons (Fsp3) is 0. The molecule has 0 aliphatic heterocycles. The smallest absolute Gasteiger partial charge is 0.0472 e. The fourth-order valence-corrected chi connectivity index (χ4v) is 4.32. The van der Waals surface area contributed by atoms with E-state index in [1.165, 1.54) is 22.3 Å². The zero-order valence-electron chi connectivity index (χ0n) is 17.5. The van der Waals surface area contributed by atoms with Crippen molar-refractivity contribution in [3.05, 3.63) is 138 Å². The topological polar surface area (TPSA) is 3.24 Å². The summed E-state index contributed by atoms with van der Waals surface area (Å²) >= 11 is 3.63. The lowest BCUT2D eigenvalue weighted by Gasteiger charge is -2.26. The summed E-state index contributed by atoms with van der Waals surface area (Å²) in [5, 5.41) is 0. The molecule has 0 heterocycles. The van der Waals surface area contributed by atoms with E-state index in [-0.39, 0.29) is 0 Å². The Morgan fingerprint density at radius 2 is 0.812 bits per heavy atom. The third kappa shape index (κ3) is 4.37. The van der Waals surface area contributed by atoms with E-state index < -0.39 is 0 Å². The van der Waals surface area contributed by atoms with Gasteiger partial charge in [-0.1, -0.05) is 107 Å². The molecule has 0 aromatic heterocycles. The molecule has 0 radical (unpaired) electrons. The summed E-state index contributed by atoms with van der Waals surface area (Å²) in [6.45, 7) is 0. The Morgan fingerprint density at radius 1 is 0.375 bits per heavy atom. The van der Waals surface area contributed by atoms with Gasteiger partial charge in [0, 0.05) is 21.5 Å². The molecule has 0 fully saturated rings. The lowest BCUT2D eigenvalue weighted by molar-refractivity contribution is 1.28. The Hall–Kier alpha value is -3.62. The van der Waals surface area contributed by atoms with Crippen LogP contribution in [0.5, 0.6) is 0 Å². The Kier molecular flexibility index (Phi) is 5.87. The van der Waals surface area contributed by atoms with Gasteiger partial charge in [0.1, 0.15) is 0 Å². The maximum absolute atomic E-state index is 3.63. The van der Waals surface area contributed by atoms with Gasteiger partial charge in [-0.3, -0.25) is 0 Å². The molecule has 0 bridgehead atoms. The molecule has 0 saturated heterocycles. The van der Waals surface area contributed by atoms with Gasteiger partial charge in [0.2, 0.25) is 0 Å². The Labute approximate surface area is 197 Å². The van der Waals surface area contributed by atoms with Crippen molar-refractivity contribution in [1.82, 2.24) is 0 Å². The highest BCUT2D eigenvalue weighted by atomic mass is 79.9. The van der Waals surface area contributed by atoms with Crippen LogP contribution < -0.4 is 4.90 Å². The molecule has 0 atom stereocenters. The number of hydrogen-bond acceptors (Lipinski definition) is 1. The predicted molar refractivity (Wildman–Crippen MR) is 140 cm³/mol. The number of benzene rings is 5. The van der Waals surface area contributed by atoms with E-state index in [2.05, 4.69) is 142 Å². The van der Waals surface area contributed by atoms with Crippen molar-refractivity contribution in [2.45, 2.75) is 0 Å². The van der Waals surface area contributed by atoms with Crippen LogP contribution in [-0.4, -0.2) is 0 Å². The highest BCUT2D eigenvalue weighted by Crippen LogP contribution is 2.37. The summed E-state index contributed by atoms with van der Waals surface area (Å²) < 4.78 is 1.06. The van der Waals surface area contributed by atoms with Gasteiger partial charge in [-0.15, -0.1) is 0 Å². The second kappa shape index (κ2) is 9.25. The average Bonchev–Trinajstić information content (AvgIpc) is 2.86. The molecule has 0 N–H and O–H groups in total. The number of anilines is 3. The van der Waals surface area contributed by atoms with Crippen LogP contribution in [0.3, 0.4) is 0 Å². The van der Waals surface area contributed by atoms with Gasteiger partial charge < -0.3 is 4.90 Å². The van der Waals surface area contributed by atoms with Crippen molar-refractivity contribution >= 4 is 33.0 Å². The minimum Gasteiger partial charge on any atom is -0.310 e. The fourth-order valence-electron chi connectivity index (χ4n) is 3.93. The van der Waals surface area contributed by atoms with Crippen LogP contribution in [0.1, 0.15) is 0 Å². The van der Waals surface area contributed by atoms with Crippen LogP contribution in [0, 0.1) is 0 Å². The molecule has 1 nitrogen and oxygen atoms in total. The van der Waals surface area contributed by atoms with Gasteiger partial charge in [0.05, 0.1) is 0 Å². The summed E-state index contributed by atoms with van der Waals surface area (Å²) in [6.07, 6.45) is 0. The van der Waals surface area contributed by atoms with Gasteiger partial charge in [-0.05, 0) is 64.7 Å². The summed E-state index contributed by atoms with van der Waals surface area (Å²) in [7, 11) is 0. The molecule has 0 amide bonds. The molecule has 0 aliphatic carbocycles. The number of rotatable bonds is 5. The van der Waals surface area contributed by atoms with Crippen LogP contribution in [0.2, 0.25) is 0 Å². The third-order valence-electron chi connectivity index (χ3n) is 5.53. The van der Waals surface area contributed by atoms with E-state index in [9.17, 15) is 0 Å². The lowest BCUT2D eigenvalue weighted by Crippen LogP contribution is -2.09. The largest absolute Gasteiger partial charge is 0.310 e. The quantitative estimate of drug-likeness (QED) is 0.244. The zero-order chi connectivity index (χ0) is 21.8. The maximum Gasteiger partial charge on any atom is 0.0472 e. The first-order valence-electron chi connectivity index (χ1n) is 10.6. The van der Waals surface area contributed by atoms with Gasteiger partial charge >= 0.3 is 0 Å². The van der Waals surface area contributed by atoms with E-state index in [0.29, 0.717) is 0 Å². The van der Waals surface area contributed by atoms with Crippen molar-refractivity contribution in [2.75, 3.05) is 4.90 Å². The zero-order valence-corrected chi connectivity index (χ0v) is 19.1. The standard InChI is InChI=1S/C30H22BrN/c31-27-12-7-13-30(22-27)32(28-18-14-25(15-19-28)23-8-3-1-4-9-23)29-20-16-26(17-21-29)24-10-5-2-6-11-24/h1-22H. The molecule has 0 spiro atoms. The maximum atomic E-state index is 3.63. The number of hydrogen-bond donors (Lipinski definition) is 0. The van der Waals surface area contributed by atoms with E-state index >= 15 is 0 Å². The van der Waals surface area contributed by atoms with Crippen molar-refractivity contribution in [2.24, 2.45) is 0 Å². The van der Waals surface area contributed by atoms with E-state index in [0.717, 1.165) is 21.5 Å². The molecule has 154 valence electrons. The number of nitrogens with zero attached hydrogens (tertiary/aromatic N) is 1. The van der Waals surface area contributed by atoms with E-state index in [4.69, 9.17) is 0 Å². The first-order chi connectivity index (χ1) is 15.8. The van der Waals surface area contributed by atoms with Crippen LogP contribution >= 0.6 is 15.9 Å². The first-order valence-corrected chi connectivity index (χ1v) is 11.4. The molecular weight excluding hydrogens is 454 g/mol. The molecule has 0 unspecified atom stereocenters. The Morgan fingerprint density at radius 3 is 1.25 bits per heavy atom. The molecule has 0 saturated carbocycles. The summed E-state index contributed by atoms with van der Waals surface area (Å²) in [5.41, 5.74) is 8.22. The third-order valence-corrected chi connectivity index (χ3v) is 6.02. The minimum atomic E-state index is 1.06. The SMILES string of the molecule is Brc1cccc(N(c2ccc(-c3ccccc3)cc2)c2ccc(-c3ccccc3)cc2)c1. The van der Waals surface area contributed by atoms with Gasteiger partial charge in [0.15, 0.2) is 0 Å². The van der Waals surface area contributed by atoms with Gasteiger partial charge in [-0.25, -0.2) is 0 Å². The van der Waals surface area contributed by atoms with Gasteiger partial charge in [-0.2, -0.15) is 0 Å². The highest BCUT2D eigenvalue weighted by Gasteiger charge is 2.13. The second-order valence-corrected chi connectivity index (χ2v) is 8.56. The van der Waals surface area contributed by atoms with Crippen molar-refractivity contribution in [1.29, 1.82) is 0 Å². The molecule has 5 aromatic carbocycles. The monoisotopic (exact) mass is 475 g/mol. The highest BCUT2D eigenvalue weighted by molar-refractivity contribution is 9.10. The normalized spacial score (nSPS) is 10.7. The van der Waals surface area contributed by atoms with Gasteiger partial charge in [0.25, 0.3) is 0 Å². The molecule has 0 aliphatic rings. The molecular formula is C30H22BrN. The molecule has 5 aromatic rings. The molecule has 32 heavy (non-hydrogen) atoms. The number of halogens is 1. The summed E-state index contributed by atoms with van der Waals surface area (Å²) in [4.78, 5) is 2.29. The summed E-state index contributed by atoms with van der Waals surface area (Å²) in [5.74, 6) is 0. The molecule has 2 heteroatoms. The van der Waals surface area contributed by atoms with E-state index in [1.807, 2.05) is 12.1 Å². The van der Waals surface area contributed by atoms with Crippen LogP contribution in [0.4, 0.5) is 17.1 Å². The average molecular weight is 476 g/mol. The Balaban J connectivity index is 1.54. The minimum absolute atomic E-state index is 1.06. The van der Waals surface area contributed by atoms with E-state index in [1.54, 1.807) is 0 Å². The summed E-state index contributed by atoms with van der Waals surface area (Å²) in [6, 6.07) is 46.9. The predicted octanol–water partition coefficient (Wildman–Crippen LogP) is 9.25. The van der Waals surface area contributed by atoms with Crippen molar-refractivity contribution in [3.63, 3.8) is 0 Å². The van der Waals surface area contributed by atoms with Crippen LogP contribution in [-0.2, 0) is 0 Å². The second-order valence-electron chi connectivity index (χ2n) is 7.64. The Bertz CT molecular complexity index is 1210. The lowest BCUT2D eigenvalue weighted by atomic mass is 10.0. The first kappa shape index (κ1) is 20.3.